The molecule has 0 unspecified atom stereocenters. The molecule has 0 spiro atoms. The number of thioether (sulfide) groups is 2. The number of amides is 2. The fourth-order valence-corrected chi connectivity index (χ4v) is 6.51. The summed E-state index contributed by atoms with van der Waals surface area (Å²) in [5, 5.41) is 16.4. The summed E-state index contributed by atoms with van der Waals surface area (Å²) in [6.45, 7) is -0.195. The van der Waals surface area contributed by atoms with Crippen LogP contribution in [0.25, 0.3) is 0 Å². The Morgan fingerprint density at radius 3 is 2.84 bits per heavy atom. The maximum Gasteiger partial charge on any atom is 0.352 e. The van der Waals surface area contributed by atoms with E-state index in [1.54, 1.807) is 13.1 Å². The monoisotopic (exact) mass is 576 g/mol. The number of nitrogens with one attached hydrogen (secondary N) is 1. The Balaban J connectivity index is 1.50. The zero-order valence-corrected chi connectivity index (χ0v) is 22.2. The molecule has 38 heavy (non-hydrogen) atoms. The molecule has 2 aromatic heterocycles. The van der Waals surface area contributed by atoms with Crippen LogP contribution in [-0.2, 0) is 26.3 Å². The Kier molecular flexibility index (Phi) is 7.94. The van der Waals surface area contributed by atoms with E-state index in [9.17, 15) is 19.5 Å². The number of anilines is 3. The fraction of sp³-hybridized carbons (Fsp3) is 0.286. The Morgan fingerprint density at radius 2 is 2.21 bits per heavy atom. The average molecular weight is 577 g/mol. The summed E-state index contributed by atoms with van der Waals surface area (Å²) >= 11 is 3.66. The average Bonchev–Trinajstić information content (AvgIpc) is 3.31. The lowest BCUT2D eigenvalue weighted by atomic mass is 10.0. The van der Waals surface area contributed by atoms with Crippen LogP contribution in [0.1, 0.15) is 5.69 Å². The van der Waals surface area contributed by atoms with Crippen LogP contribution in [-0.4, -0.2) is 73.0 Å². The van der Waals surface area contributed by atoms with Gasteiger partial charge in [0.2, 0.25) is 0 Å². The molecule has 2 aliphatic heterocycles. The van der Waals surface area contributed by atoms with Gasteiger partial charge in [-0.3, -0.25) is 14.5 Å². The van der Waals surface area contributed by atoms with Crippen LogP contribution in [0, 0.1) is 12.3 Å². The number of aliphatic carboxylic acids is 1. The largest absolute Gasteiger partial charge is 0.477 e. The van der Waals surface area contributed by atoms with E-state index in [-0.39, 0.29) is 40.4 Å². The van der Waals surface area contributed by atoms with E-state index in [4.69, 9.17) is 28.5 Å². The first kappa shape index (κ1) is 27.0. The third-order valence-electron chi connectivity index (χ3n) is 5.50. The second-order valence-corrected chi connectivity index (χ2v) is 10.8. The van der Waals surface area contributed by atoms with E-state index in [2.05, 4.69) is 26.4 Å². The Morgan fingerprint density at radius 1 is 1.45 bits per heavy atom. The Hall–Kier alpha value is -4.01. The minimum atomic E-state index is -1.25. The molecule has 4 rings (SSSR count). The number of fused-ring (bicyclic) bond motifs is 1. The number of aromatic nitrogens is 3. The zero-order chi connectivity index (χ0) is 27.6. The minimum Gasteiger partial charge on any atom is -0.477 e. The van der Waals surface area contributed by atoms with Gasteiger partial charge in [-0.1, -0.05) is 22.8 Å². The number of β-lactam (4-membered cyclic amide) rings is 1. The number of hydrogen-bond donors (Lipinski definition) is 5. The zero-order valence-electron chi connectivity index (χ0n) is 19.8. The summed E-state index contributed by atoms with van der Waals surface area (Å²) < 4.78 is 1.51. The van der Waals surface area contributed by atoms with Gasteiger partial charge in [0.15, 0.2) is 23.2 Å². The summed E-state index contributed by atoms with van der Waals surface area (Å²) in [5.41, 5.74) is 19.3. The topological polar surface area (TPSA) is 216 Å². The quantitative estimate of drug-likeness (QED) is 0.0355. The molecule has 8 N–H and O–H groups in total. The van der Waals surface area contributed by atoms with E-state index in [0.717, 1.165) is 11.3 Å². The van der Waals surface area contributed by atoms with Crippen LogP contribution < -0.4 is 27.1 Å². The van der Waals surface area contributed by atoms with Gasteiger partial charge in [-0.15, -0.1) is 34.5 Å². The molecule has 0 radical (unpaired) electrons. The van der Waals surface area contributed by atoms with Crippen molar-refractivity contribution in [2.75, 3.05) is 35.3 Å². The standard InChI is InChI=1S/C21H21N9O5S3/c1-3-4-35-28-13(12-16(23)38-8-25-12)17(31)27-14-18(32)30-15(20(33)34)9(7-37-19(14)30)6-36-11-5-10(22)29(2)21(24)26-11/h1,5,8,14,19H,4,6-7H2,2H3,(H7,22,23,24,26,27,28,31,33,34)/p+1/t14-,19-/m1/s1. The first-order chi connectivity index (χ1) is 18.1. The molecule has 14 nitrogen and oxygen atoms in total. The molecular weight excluding hydrogens is 554 g/mol. The minimum absolute atomic E-state index is 0.0827. The van der Waals surface area contributed by atoms with E-state index in [0.29, 0.717) is 22.2 Å². The van der Waals surface area contributed by atoms with Crippen LogP contribution in [0.2, 0.25) is 0 Å². The number of nitrogens with zero attached hydrogens (tertiary/aromatic N) is 5. The maximum absolute atomic E-state index is 13.0. The lowest BCUT2D eigenvalue weighted by molar-refractivity contribution is -0.645. The molecule has 0 bridgehead atoms. The highest BCUT2D eigenvalue weighted by atomic mass is 32.2. The molecular formula is C21H22N9O5S3+. The van der Waals surface area contributed by atoms with Crippen LogP contribution >= 0.6 is 34.9 Å². The molecule has 0 aromatic carbocycles. The number of terminal acetylenes is 1. The van der Waals surface area contributed by atoms with Crippen molar-refractivity contribution in [3.8, 4) is 12.3 Å². The SMILES string of the molecule is C#CCO/N=C(\C(=O)N[C@@H]1C(=O)N2C(C(=O)O)=C(CSc3cc(N)[n+](C)c(N)n3)CS[C@H]12)c1ncsc1N. The Labute approximate surface area is 228 Å². The summed E-state index contributed by atoms with van der Waals surface area (Å²) in [6, 6.07) is 0.631. The predicted molar refractivity (Wildman–Crippen MR) is 142 cm³/mol. The van der Waals surface area contributed by atoms with Gasteiger partial charge < -0.3 is 32.5 Å². The summed E-state index contributed by atoms with van der Waals surface area (Å²) in [4.78, 5) is 52.6. The lowest BCUT2D eigenvalue weighted by Crippen LogP contribution is -2.71. The number of carboxylic acids is 1. The molecule has 2 aliphatic rings. The molecule has 2 atom stereocenters. The molecule has 0 saturated carbocycles. The summed E-state index contributed by atoms with van der Waals surface area (Å²) in [6.07, 6.45) is 5.16. The first-order valence-corrected chi connectivity index (χ1v) is 13.6. The summed E-state index contributed by atoms with van der Waals surface area (Å²) in [5.74, 6) is 0.788. The molecule has 1 saturated heterocycles. The molecule has 2 amide bonds. The van der Waals surface area contributed by atoms with Crippen molar-refractivity contribution >= 4 is 75.1 Å². The number of oxime groups is 1. The number of carboxylic acid groups (broad SMARTS) is 1. The van der Waals surface area contributed by atoms with E-state index in [1.165, 1.54) is 38.5 Å². The number of carbonyl (C=O) groups excluding carboxylic acids is 2. The molecule has 2 aromatic rings. The normalized spacial score (nSPS) is 18.9. The van der Waals surface area contributed by atoms with Crippen molar-refractivity contribution in [2.24, 2.45) is 12.2 Å². The van der Waals surface area contributed by atoms with Crippen molar-refractivity contribution in [2.45, 2.75) is 16.4 Å². The van der Waals surface area contributed by atoms with Crippen molar-refractivity contribution in [1.82, 2.24) is 20.2 Å². The van der Waals surface area contributed by atoms with Gasteiger partial charge >= 0.3 is 11.9 Å². The molecule has 198 valence electrons. The van der Waals surface area contributed by atoms with Crippen LogP contribution in [0.5, 0.6) is 0 Å². The molecule has 4 heterocycles. The third-order valence-corrected chi connectivity index (χ3v) is 8.49. The lowest BCUT2D eigenvalue weighted by Gasteiger charge is -2.49. The predicted octanol–water partition coefficient (Wildman–Crippen LogP) is -1.01. The number of hydrogen-bond acceptors (Lipinski definition) is 13. The van der Waals surface area contributed by atoms with Crippen LogP contribution in [0.4, 0.5) is 16.8 Å². The van der Waals surface area contributed by atoms with E-state index >= 15 is 0 Å². The number of carbonyl (C=O) groups is 3. The number of nitrogens with two attached hydrogens (primary N) is 3. The van der Waals surface area contributed by atoms with Gasteiger partial charge in [0.1, 0.15) is 27.8 Å². The Bertz CT molecular complexity index is 1390. The maximum atomic E-state index is 13.0. The van der Waals surface area contributed by atoms with Gasteiger partial charge in [0.25, 0.3) is 11.8 Å². The van der Waals surface area contributed by atoms with E-state index < -0.39 is 29.2 Å². The highest BCUT2D eigenvalue weighted by Gasteiger charge is 2.54. The number of nitrogen functional groups attached to an aromatic ring is 3. The first-order valence-electron chi connectivity index (χ1n) is 10.7. The van der Waals surface area contributed by atoms with Crippen molar-refractivity contribution in [3.63, 3.8) is 0 Å². The van der Waals surface area contributed by atoms with Gasteiger partial charge in [0, 0.05) is 17.6 Å². The van der Waals surface area contributed by atoms with Gasteiger partial charge in [0.05, 0.1) is 12.6 Å². The van der Waals surface area contributed by atoms with Crippen LogP contribution in [0.15, 0.2) is 33.0 Å². The van der Waals surface area contributed by atoms with Gasteiger partial charge in [-0.25, -0.2) is 14.3 Å². The van der Waals surface area contributed by atoms with Gasteiger partial charge in [-0.2, -0.15) is 0 Å². The highest BCUT2D eigenvalue weighted by molar-refractivity contribution is 8.01. The fourth-order valence-electron chi connectivity index (χ4n) is 3.57. The molecule has 17 heteroatoms. The number of thiazole rings is 1. The van der Waals surface area contributed by atoms with Crippen molar-refractivity contribution in [3.05, 3.63) is 28.5 Å². The number of rotatable bonds is 9. The van der Waals surface area contributed by atoms with Gasteiger partial charge in [-0.05, 0) is 5.57 Å². The highest BCUT2D eigenvalue weighted by Crippen LogP contribution is 2.41. The second kappa shape index (κ2) is 11.2. The van der Waals surface area contributed by atoms with E-state index in [1.807, 2.05) is 0 Å². The second-order valence-electron chi connectivity index (χ2n) is 7.83. The van der Waals surface area contributed by atoms with Crippen LogP contribution in [0.3, 0.4) is 0 Å². The molecule has 1 fully saturated rings. The smallest absolute Gasteiger partial charge is 0.352 e. The third kappa shape index (κ3) is 5.18. The summed E-state index contributed by atoms with van der Waals surface area (Å²) in [7, 11) is 1.67. The molecule has 0 aliphatic carbocycles. The van der Waals surface area contributed by atoms with Crippen molar-refractivity contribution in [1.29, 1.82) is 0 Å². The van der Waals surface area contributed by atoms with Crippen molar-refractivity contribution < 1.29 is 28.9 Å².